The maximum atomic E-state index is 12.4. The summed E-state index contributed by atoms with van der Waals surface area (Å²) in [6.07, 6.45) is 2.82. The number of amides is 1. The highest BCUT2D eigenvalue weighted by Gasteiger charge is 2.44. The minimum absolute atomic E-state index is 0.0213. The Morgan fingerprint density at radius 1 is 1.56 bits per heavy atom. The summed E-state index contributed by atoms with van der Waals surface area (Å²) in [5, 5.41) is 14.9. The summed E-state index contributed by atoms with van der Waals surface area (Å²) in [6.45, 7) is 4.93. The van der Waals surface area contributed by atoms with Gasteiger partial charge in [0.2, 0.25) is 5.91 Å². The number of carbonyl (C=O) groups excluding carboxylic acids is 1. The van der Waals surface area contributed by atoms with Gasteiger partial charge in [0.05, 0.1) is 0 Å². The lowest BCUT2D eigenvalue weighted by molar-refractivity contribution is -0.132. The van der Waals surface area contributed by atoms with Crippen LogP contribution < -0.4 is 11.1 Å². The van der Waals surface area contributed by atoms with Crippen molar-refractivity contribution in [1.82, 2.24) is 5.32 Å². The number of oxime groups is 1. The third-order valence-electron chi connectivity index (χ3n) is 3.48. The van der Waals surface area contributed by atoms with Crippen molar-refractivity contribution in [2.75, 3.05) is 13.2 Å². The van der Waals surface area contributed by atoms with Crippen LogP contribution in [0.4, 0.5) is 0 Å². The van der Waals surface area contributed by atoms with E-state index in [1.54, 1.807) is 0 Å². The minimum atomic E-state index is -0.922. The summed E-state index contributed by atoms with van der Waals surface area (Å²) in [5.74, 6) is -0.186. The molecule has 1 aliphatic rings. The van der Waals surface area contributed by atoms with Gasteiger partial charge in [0.1, 0.15) is 5.41 Å². The smallest absolute Gasteiger partial charge is 0.234 e. The normalized spacial score (nSPS) is 21.3. The molecule has 0 aromatic heterocycles. The van der Waals surface area contributed by atoms with Crippen LogP contribution in [0.3, 0.4) is 0 Å². The number of hydrogen-bond donors (Lipinski definition) is 3. The second-order valence-corrected chi connectivity index (χ2v) is 4.84. The number of carbonyl (C=O) groups is 1. The van der Waals surface area contributed by atoms with Crippen LogP contribution in [-0.2, 0) is 9.53 Å². The van der Waals surface area contributed by atoms with Gasteiger partial charge in [-0.25, -0.2) is 0 Å². The third kappa shape index (κ3) is 3.13. The number of nitrogens with zero attached hydrogens (tertiary/aromatic N) is 1. The third-order valence-corrected chi connectivity index (χ3v) is 3.48. The van der Waals surface area contributed by atoms with E-state index in [-0.39, 0.29) is 17.8 Å². The SMILES string of the molecule is CCCC(C)NC(=O)C1(C(N)=NO)CCOCC1. The van der Waals surface area contributed by atoms with Crippen molar-refractivity contribution < 1.29 is 14.7 Å². The number of nitrogens with one attached hydrogen (secondary N) is 1. The maximum absolute atomic E-state index is 12.4. The fourth-order valence-electron chi connectivity index (χ4n) is 2.28. The first kappa shape index (κ1) is 14.8. The first-order valence-electron chi connectivity index (χ1n) is 6.43. The highest BCUT2D eigenvalue weighted by molar-refractivity contribution is 6.06. The molecular formula is C12H23N3O3. The van der Waals surface area contributed by atoms with Crippen molar-refractivity contribution in [3.63, 3.8) is 0 Å². The van der Waals surface area contributed by atoms with Crippen molar-refractivity contribution in [3.8, 4) is 0 Å². The molecule has 1 fully saturated rings. The number of ether oxygens (including phenoxy) is 1. The van der Waals surface area contributed by atoms with Crippen molar-refractivity contribution in [2.24, 2.45) is 16.3 Å². The molecular weight excluding hydrogens is 234 g/mol. The van der Waals surface area contributed by atoms with Crippen molar-refractivity contribution >= 4 is 11.7 Å². The Morgan fingerprint density at radius 3 is 2.67 bits per heavy atom. The molecule has 18 heavy (non-hydrogen) atoms. The zero-order valence-electron chi connectivity index (χ0n) is 11.1. The summed E-state index contributed by atoms with van der Waals surface area (Å²) in [4.78, 5) is 12.4. The summed E-state index contributed by atoms with van der Waals surface area (Å²) >= 11 is 0. The second kappa shape index (κ2) is 6.58. The predicted molar refractivity (Wildman–Crippen MR) is 68.4 cm³/mol. The topological polar surface area (TPSA) is 96.9 Å². The van der Waals surface area contributed by atoms with E-state index in [4.69, 9.17) is 15.7 Å². The lowest BCUT2D eigenvalue weighted by Crippen LogP contribution is -2.54. The van der Waals surface area contributed by atoms with Crippen molar-refractivity contribution in [2.45, 2.75) is 45.6 Å². The zero-order valence-corrected chi connectivity index (χ0v) is 11.1. The summed E-state index contributed by atoms with van der Waals surface area (Å²) in [7, 11) is 0. The molecule has 0 aliphatic carbocycles. The number of nitrogens with two attached hydrogens (primary N) is 1. The van der Waals surface area contributed by atoms with E-state index < -0.39 is 5.41 Å². The molecule has 1 unspecified atom stereocenters. The predicted octanol–water partition coefficient (Wildman–Crippen LogP) is 0.834. The molecule has 6 nitrogen and oxygen atoms in total. The van der Waals surface area contributed by atoms with E-state index in [9.17, 15) is 4.79 Å². The molecule has 0 bridgehead atoms. The molecule has 1 saturated heterocycles. The van der Waals surface area contributed by atoms with Gasteiger partial charge in [-0.3, -0.25) is 4.79 Å². The molecule has 1 atom stereocenters. The maximum Gasteiger partial charge on any atom is 0.234 e. The van der Waals surface area contributed by atoms with Crippen LogP contribution >= 0.6 is 0 Å². The lowest BCUT2D eigenvalue weighted by atomic mass is 9.78. The van der Waals surface area contributed by atoms with Crippen LogP contribution in [0, 0.1) is 5.41 Å². The standard InChI is InChI=1S/C12H23N3O3/c1-3-4-9(2)14-11(16)12(10(13)15-17)5-7-18-8-6-12/h9,17H,3-8H2,1-2H3,(H2,13,15)(H,14,16). The second-order valence-electron chi connectivity index (χ2n) is 4.84. The fourth-order valence-corrected chi connectivity index (χ4v) is 2.28. The molecule has 1 rings (SSSR count). The lowest BCUT2D eigenvalue weighted by Gasteiger charge is -2.35. The summed E-state index contributed by atoms with van der Waals surface area (Å²) < 4.78 is 5.25. The van der Waals surface area contributed by atoms with Gasteiger partial charge in [-0.15, -0.1) is 0 Å². The number of rotatable bonds is 5. The van der Waals surface area contributed by atoms with Gasteiger partial charge >= 0.3 is 0 Å². The van der Waals surface area contributed by atoms with E-state index in [2.05, 4.69) is 17.4 Å². The van der Waals surface area contributed by atoms with Gasteiger partial charge in [-0.2, -0.15) is 0 Å². The summed E-state index contributed by atoms with van der Waals surface area (Å²) in [5.41, 5.74) is 4.80. The van der Waals surface area contributed by atoms with Gasteiger partial charge in [0.15, 0.2) is 5.84 Å². The largest absolute Gasteiger partial charge is 0.409 e. The van der Waals surface area contributed by atoms with E-state index in [1.807, 2.05) is 6.92 Å². The van der Waals surface area contributed by atoms with E-state index in [0.717, 1.165) is 12.8 Å². The van der Waals surface area contributed by atoms with Gasteiger partial charge in [0, 0.05) is 19.3 Å². The van der Waals surface area contributed by atoms with E-state index in [1.165, 1.54) is 0 Å². The molecule has 0 aromatic carbocycles. The molecule has 4 N–H and O–H groups in total. The average Bonchev–Trinajstić information content (AvgIpc) is 2.38. The van der Waals surface area contributed by atoms with Crippen LogP contribution in [0.5, 0.6) is 0 Å². The Bertz CT molecular complexity index is 312. The molecule has 1 amide bonds. The van der Waals surface area contributed by atoms with E-state index >= 15 is 0 Å². The number of amidine groups is 1. The van der Waals surface area contributed by atoms with Gasteiger partial charge in [-0.05, 0) is 26.2 Å². The van der Waals surface area contributed by atoms with Crippen LogP contribution in [0.1, 0.15) is 39.5 Å². The Morgan fingerprint density at radius 2 is 2.17 bits per heavy atom. The summed E-state index contributed by atoms with van der Waals surface area (Å²) in [6, 6.07) is 0.0914. The zero-order chi connectivity index (χ0) is 13.6. The Hall–Kier alpha value is -1.30. The molecule has 0 spiro atoms. The Balaban J connectivity index is 2.80. The van der Waals surface area contributed by atoms with Gasteiger partial charge in [0.25, 0.3) is 0 Å². The highest BCUT2D eigenvalue weighted by Crippen LogP contribution is 2.31. The van der Waals surface area contributed by atoms with E-state index in [0.29, 0.717) is 26.1 Å². The quantitative estimate of drug-likeness (QED) is 0.294. The first-order valence-corrected chi connectivity index (χ1v) is 6.43. The van der Waals surface area contributed by atoms with Crippen molar-refractivity contribution in [3.05, 3.63) is 0 Å². The molecule has 0 aromatic rings. The Labute approximate surface area is 108 Å². The minimum Gasteiger partial charge on any atom is -0.409 e. The molecule has 6 heteroatoms. The molecule has 0 saturated carbocycles. The van der Waals surface area contributed by atoms with Crippen LogP contribution in [-0.4, -0.2) is 36.2 Å². The fraction of sp³-hybridized carbons (Fsp3) is 0.833. The van der Waals surface area contributed by atoms with Gasteiger partial charge in [-0.1, -0.05) is 18.5 Å². The molecule has 104 valence electrons. The highest BCUT2D eigenvalue weighted by atomic mass is 16.5. The van der Waals surface area contributed by atoms with Crippen LogP contribution in [0.25, 0.3) is 0 Å². The average molecular weight is 257 g/mol. The van der Waals surface area contributed by atoms with Crippen LogP contribution in [0.2, 0.25) is 0 Å². The monoisotopic (exact) mass is 257 g/mol. The molecule has 1 aliphatic heterocycles. The Kier molecular flexibility index (Phi) is 5.40. The number of hydrogen-bond acceptors (Lipinski definition) is 4. The van der Waals surface area contributed by atoms with Crippen LogP contribution in [0.15, 0.2) is 5.16 Å². The molecule has 1 heterocycles. The van der Waals surface area contributed by atoms with Gasteiger partial charge < -0.3 is 21.0 Å². The molecule has 0 radical (unpaired) electrons. The van der Waals surface area contributed by atoms with Crippen molar-refractivity contribution in [1.29, 1.82) is 0 Å². The first-order chi connectivity index (χ1) is 8.56.